The highest BCUT2D eigenvalue weighted by Crippen LogP contribution is 2.42. The van der Waals surface area contributed by atoms with Crippen LogP contribution in [0.25, 0.3) is 0 Å². The van der Waals surface area contributed by atoms with E-state index in [1.165, 1.54) is 45.6 Å². The van der Waals surface area contributed by atoms with Gasteiger partial charge < -0.3 is 14.8 Å². The quantitative estimate of drug-likeness (QED) is 0.707. The lowest BCUT2D eigenvalue weighted by Gasteiger charge is -2.41. The van der Waals surface area contributed by atoms with Crippen LogP contribution in [-0.4, -0.2) is 30.8 Å². The molecule has 2 saturated carbocycles. The van der Waals surface area contributed by atoms with Gasteiger partial charge in [0.25, 0.3) is 0 Å². The van der Waals surface area contributed by atoms with E-state index in [2.05, 4.69) is 5.32 Å². The van der Waals surface area contributed by atoms with E-state index in [1.807, 2.05) is 20.8 Å². The lowest BCUT2D eigenvalue weighted by Crippen LogP contribution is -2.52. The van der Waals surface area contributed by atoms with E-state index in [-0.39, 0.29) is 11.9 Å². The zero-order valence-electron chi connectivity index (χ0n) is 17.0. The highest BCUT2D eigenvalue weighted by molar-refractivity contribution is 5.81. The highest BCUT2D eigenvalue weighted by atomic mass is 16.6. The molecule has 2 fully saturated rings. The Morgan fingerprint density at radius 3 is 1.73 bits per heavy atom. The molecule has 0 heterocycles. The molecule has 0 bridgehead atoms. The molecule has 0 spiro atoms. The first-order valence-corrected chi connectivity index (χ1v) is 10.4. The third-order valence-electron chi connectivity index (χ3n) is 5.90. The maximum absolute atomic E-state index is 12.6. The van der Waals surface area contributed by atoms with Crippen LogP contribution in [0, 0.1) is 17.8 Å². The Labute approximate surface area is 158 Å². The van der Waals surface area contributed by atoms with Gasteiger partial charge in [0.2, 0.25) is 0 Å². The van der Waals surface area contributed by atoms with Gasteiger partial charge in [-0.1, -0.05) is 64.2 Å². The number of hydrogen-bond acceptors (Lipinski definition) is 4. The van der Waals surface area contributed by atoms with Gasteiger partial charge in [0, 0.05) is 0 Å². The Morgan fingerprint density at radius 2 is 1.35 bits per heavy atom. The number of carbonyl (C=O) groups excluding carboxylic acids is 2. The van der Waals surface area contributed by atoms with Gasteiger partial charge in [0.05, 0.1) is 7.11 Å². The summed E-state index contributed by atoms with van der Waals surface area (Å²) in [6, 6.07) is -0.610. The van der Waals surface area contributed by atoms with Crippen molar-refractivity contribution in [2.24, 2.45) is 17.8 Å². The minimum Gasteiger partial charge on any atom is -0.467 e. The highest BCUT2D eigenvalue weighted by Gasteiger charge is 2.42. The van der Waals surface area contributed by atoms with E-state index in [1.54, 1.807) is 0 Å². The van der Waals surface area contributed by atoms with Crippen molar-refractivity contribution in [2.75, 3.05) is 7.11 Å². The Bertz CT molecular complexity index is 441. The Kier molecular flexibility index (Phi) is 7.78. The number of ether oxygens (including phenoxy) is 2. The van der Waals surface area contributed by atoms with Gasteiger partial charge in [-0.25, -0.2) is 9.59 Å². The standard InChI is InChI=1S/C21H37NO4/c1-21(2,3)26-20(24)22-18(19(23)25-4)17(15-11-7-5-8-12-15)16-13-9-6-10-14-16/h15-18H,5-14H2,1-4H3,(H,22,24). The molecule has 2 rings (SSSR count). The SMILES string of the molecule is COC(=O)C(NC(=O)OC(C)(C)C)C(C1CCCCC1)C1CCCCC1. The third kappa shape index (κ3) is 6.17. The molecule has 26 heavy (non-hydrogen) atoms. The monoisotopic (exact) mass is 367 g/mol. The van der Waals surface area contributed by atoms with Gasteiger partial charge >= 0.3 is 12.1 Å². The van der Waals surface area contributed by atoms with E-state index in [0.29, 0.717) is 11.8 Å². The largest absolute Gasteiger partial charge is 0.467 e. The molecular weight excluding hydrogens is 330 g/mol. The summed E-state index contributed by atoms with van der Waals surface area (Å²) in [6.45, 7) is 5.50. The minimum absolute atomic E-state index is 0.149. The maximum Gasteiger partial charge on any atom is 0.408 e. The molecule has 0 aromatic carbocycles. The third-order valence-corrected chi connectivity index (χ3v) is 5.90. The first-order chi connectivity index (χ1) is 12.3. The maximum atomic E-state index is 12.6. The molecule has 1 unspecified atom stereocenters. The average molecular weight is 368 g/mol. The van der Waals surface area contributed by atoms with Gasteiger partial charge in [-0.3, -0.25) is 0 Å². The number of rotatable bonds is 5. The van der Waals surface area contributed by atoms with Crippen LogP contribution in [0.3, 0.4) is 0 Å². The minimum atomic E-state index is -0.610. The molecule has 1 atom stereocenters. The van der Waals surface area contributed by atoms with Gasteiger partial charge in [0.15, 0.2) is 0 Å². The molecule has 0 aliphatic heterocycles. The molecule has 0 saturated heterocycles. The summed E-state index contributed by atoms with van der Waals surface area (Å²) in [5.41, 5.74) is -0.587. The number of alkyl carbamates (subject to hydrolysis) is 1. The Hall–Kier alpha value is -1.26. The predicted octanol–water partition coefficient (Wildman–Crippen LogP) is 4.83. The fourth-order valence-corrected chi connectivity index (χ4v) is 4.84. The lowest BCUT2D eigenvalue weighted by molar-refractivity contribution is -0.146. The fraction of sp³-hybridized carbons (Fsp3) is 0.905. The Morgan fingerprint density at radius 1 is 0.885 bits per heavy atom. The van der Waals surface area contributed by atoms with Crippen molar-refractivity contribution in [3.8, 4) is 0 Å². The first kappa shape index (κ1) is 21.0. The van der Waals surface area contributed by atoms with Crippen LogP contribution >= 0.6 is 0 Å². The van der Waals surface area contributed by atoms with Gasteiger partial charge in [-0.2, -0.15) is 0 Å². The molecule has 0 radical (unpaired) electrons. The molecule has 5 heteroatoms. The summed E-state index contributed by atoms with van der Waals surface area (Å²) in [7, 11) is 1.41. The topological polar surface area (TPSA) is 64.6 Å². The van der Waals surface area contributed by atoms with Crippen molar-refractivity contribution < 1.29 is 19.1 Å². The molecular formula is C21H37NO4. The zero-order chi connectivity index (χ0) is 19.2. The summed E-state index contributed by atoms with van der Waals surface area (Å²) >= 11 is 0. The molecule has 2 aliphatic carbocycles. The van der Waals surface area contributed by atoms with Crippen molar-refractivity contribution in [1.29, 1.82) is 0 Å². The molecule has 0 aromatic rings. The summed E-state index contributed by atoms with van der Waals surface area (Å²) in [4.78, 5) is 25.1. The van der Waals surface area contributed by atoms with E-state index in [4.69, 9.17) is 9.47 Å². The van der Waals surface area contributed by atoms with Crippen LogP contribution in [0.2, 0.25) is 0 Å². The normalized spacial score (nSPS) is 21.3. The smallest absolute Gasteiger partial charge is 0.408 e. The molecule has 2 aliphatic rings. The van der Waals surface area contributed by atoms with Gasteiger partial charge in [-0.15, -0.1) is 0 Å². The van der Waals surface area contributed by atoms with Crippen molar-refractivity contribution >= 4 is 12.1 Å². The molecule has 150 valence electrons. The lowest BCUT2D eigenvalue weighted by atomic mass is 9.66. The van der Waals surface area contributed by atoms with Crippen molar-refractivity contribution in [3.63, 3.8) is 0 Å². The second kappa shape index (κ2) is 9.61. The van der Waals surface area contributed by atoms with E-state index >= 15 is 0 Å². The fourth-order valence-electron chi connectivity index (χ4n) is 4.84. The van der Waals surface area contributed by atoms with Crippen LogP contribution in [0.1, 0.15) is 85.0 Å². The van der Waals surface area contributed by atoms with Crippen molar-refractivity contribution in [2.45, 2.75) is 96.6 Å². The molecule has 0 aromatic heterocycles. The Balaban J connectivity index is 2.21. The van der Waals surface area contributed by atoms with E-state index < -0.39 is 17.7 Å². The van der Waals surface area contributed by atoms with Crippen LogP contribution in [-0.2, 0) is 14.3 Å². The van der Waals surface area contributed by atoms with Crippen LogP contribution in [0.5, 0.6) is 0 Å². The van der Waals surface area contributed by atoms with E-state index in [0.717, 1.165) is 25.7 Å². The zero-order valence-corrected chi connectivity index (χ0v) is 17.0. The predicted molar refractivity (Wildman–Crippen MR) is 102 cm³/mol. The van der Waals surface area contributed by atoms with Crippen LogP contribution < -0.4 is 5.32 Å². The number of hydrogen-bond donors (Lipinski definition) is 1. The first-order valence-electron chi connectivity index (χ1n) is 10.4. The summed E-state index contributed by atoms with van der Waals surface area (Å²) < 4.78 is 10.5. The summed E-state index contributed by atoms with van der Waals surface area (Å²) in [5, 5.41) is 2.88. The van der Waals surface area contributed by atoms with Crippen LogP contribution in [0.4, 0.5) is 4.79 Å². The number of esters is 1. The second-order valence-electron chi connectivity index (χ2n) is 9.02. The molecule has 1 amide bonds. The number of methoxy groups -OCH3 is 1. The number of nitrogens with one attached hydrogen (secondary N) is 1. The van der Waals surface area contributed by atoms with Gasteiger partial charge in [0.1, 0.15) is 11.6 Å². The van der Waals surface area contributed by atoms with E-state index in [9.17, 15) is 9.59 Å². The van der Waals surface area contributed by atoms with Crippen molar-refractivity contribution in [3.05, 3.63) is 0 Å². The number of carbonyl (C=O) groups is 2. The van der Waals surface area contributed by atoms with Crippen molar-refractivity contribution in [1.82, 2.24) is 5.32 Å². The van der Waals surface area contributed by atoms with Gasteiger partial charge in [-0.05, 0) is 38.5 Å². The summed E-state index contributed by atoms with van der Waals surface area (Å²) in [6.07, 6.45) is 11.5. The molecule has 1 N–H and O–H groups in total. The average Bonchev–Trinajstić information content (AvgIpc) is 2.61. The second-order valence-corrected chi connectivity index (χ2v) is 9.02. The molecule has 5 nitrogen and oxygen atoms in total. The number of amides is 1. The summed E-state index contributed by atoms with van der Waals surface area (Å²) in [5.74, 6) is 0.768. The van der Waals surface area contributed by atoms with Crippen LogP contribution in [0.15, 0.2) is 0 Å².